The Bertz CT molecular complexity index is 452. The number of aliphatic imine (C=N–C) groups is 1. The van der Waals surface area contributed by atoms with E-state index >= 15 is 0 Å². The average Bonchev–Trinajstić information content (AvgIpc) is 2.37. The second-order valence-corrected chi connectivity index (χ2v) is 4.70. The third kappa shape index (κ3) is 3.03. The number of isothiocyanates is 1. The fraction of sp³-hybridized carbons (Fsp3) is 0.429. The third-order valence-corrected chi connectivity index (χ3v) is 2.81. The summed E-state index contributed by atoms with van der Waals surface area (Å²) in [5.74, 6) is -0.129. The quantitative estimate of drug-likeness (QED) is 0.465. The molecule has 0 aliphatic heterocycles. The number of carbonyl (C=O) groups is 1. The molecule has 1 unspecified atom stereocenters. The number of nitrogens with zero attached hydrogens (tertiary/aromatic N) is 1. The van der Waals surface area contributed by atoms with E-state index in [4.69, 9.17) is 17.0 Å². The molecule has 18 heavy (non-hydrogen) atoms. The molecule has 0 saturated heterocycles. The molecule has 0 fully saturated rings. The van der Waals surface area contributed by atoms with E-state index in [0.29, 0.717) is 6.42 Å². The molecule has 1 atom stereocenters. The lowest BCUT2D eigenvalue weighted by Gasteiger charge is -2.27. The second-order valence-electron chi connectivity index (χ2n) is 4.52. The van der Waals surface area contributed by atoms with Crippen molar-refractivity contribution in [3.05, 3.63) is 35.9 Å². The summed E-state index contributed by atoms with van der Waals surface area (Å²) in [5, 5.41) is 2.34. The van der Waals surface area contributed by atoms with Gasteiger partial charge in [-0.2, -0.15) is 0 Å². The van der Waals surface area contributed by atoms with E-state index in [1.807, 2.05) is 44.2 Å². The Balaban J connectivity index is 3.38. The molecule has 1 aromatic rings. The number of benzene rings is 1. The zero-order valence-corrected chi connectivity index (χ0v) is 11.7. The Hall–Kier alpha value is -1.51. The Morgan fingerprint density at radius 1 is 1.44 bits per heavy atom. The maximum Gasteiger partial charge on any atom is 0.339 e. The van der Waals surface area contributed by atoms with E-state index in [2.05, 4.69) is 10.2 Å². The van der Waals surface area contributed by atoms with Gasteiger partial charge in [0, 0.05) is 0 Å². The number of esters is 1. The fourth-order valence-corrected chi connectivity index (χ4v) is 2.18. The molecule has 4 heteroatoms. The molecular weight excluding hydrogens is 246 g/mol. The van der Waals surface area contributed by atoms with Gasteiger partial charge < -0.3 is 4.74 Å². The van der Waals surface area contributed by atoms with Crippen molar-refractivity contribution < 1.29 is 9.53 Å². The molecule has 3 nitrogen and oxygen atoms in total. The molecule has 0 radical (unpaired) electrons. The molecule has 0 amide bonds. The first kappa shape index (κ1) is 14.6. The average molecular weight is 263 g/mol. The maximum atomic E-state index is 12.2. The van der Waals surface area contributed by atoms with Crippen molar-refractivity contribution >= 4 is 23.3 Å². The smallest absolute Gasteiger partial charge is 0.339 e. The highest BCUT2D eigenvalue weighted by Crippen LogP contribution is 2.34. The van der Waals surface area contributed by atoms with Crippen LogP contribution in [0.4, 0.5) is 0 Å². The number of thiocarbonyl (C=S) groups is 1. The van der Waals surface area contributed by atoms with Crippen LogP contribution in [-0.4, -0.2) is 18.2 Å². The Morgan fingerprint density at radius 3 is 2.50 bits per heavy atom. The van der Waals surface area contributed by atoms with Crippen LogP contribution in [0.15, 0.2) is 35.3 Å². The number of ether oxygens (including phenoxy) is 1. The molecule has 0 aliphatic rings. The predicted molar refractivity (Wildman–Crippen MR) is 74.6 cm³/mol. The van der Waals surface area contributed by atoms with Crippen molar-refractivity contribution in [1.82, 2.24) is 0 Å². The molecule has 0 aromatic heterocycles. The standard InChI is InChI=1S/C14H17NO2S/c1-11(2)9-14(15-10-18,13(16)17-3)12-7-5-4-6-8-12/h4-8,11H,9H2,1-3H3. The van der Waals surface area contributed by atoms with E-state index < -0.39 is 11.5 Å². The summed E-state index contributed by atoms with van der Waals surface area (Å²) in [6.45, 7) is 4.05. The minimum atomic E-state index is -1.08. The summed E-state index contributed by atoms with van der Waals surface area (Å²) >= 11 is 4.70. The molecule has 1 aromatic carbocycles. The van der Waals surface area contributed by atoms with Gasteiger partial charge in [0.2, 0.25) is 0 Å². The summed E-state index contributed by atoms with van der Waals surface area (Å²) in [5.41, 5.74) is -0.297. The van der Waals surface area contributed by atoms with Crippen molar-refractivity contribution in [1.29, 1.82) is 0 Å². The van der Waals surface area contributed by atoms with E-state index in [1.165, 1.54) is 7.11 Å². The monoisotopic (exact) mass is 263 g/mol. The summed E-state index contributed by atoms with van der Waals surface area (Å²) < 4.78 is 4.90. The number of methoxy groups -OCH3 is 1. The Labute approximate surface area is 113 Å². The van der Waals surface area contributed by atoms with Crippen LogP contribution < -0.4 is 0 Å². The van der Waals surface area contributed by atoms with Gasteiger partial charge in [-0.15, -0.1) is 0 Å². The SMILES string of the molecule is COC(=O)C(CC(C)C)(N=C=S)c1ccccc1. The van der Waals surface area contributed by atoms with Crippen molar-refractivity contribution in [3.8, 4) is 0 Å². The fourth-order valence-electron chi connectivity index (χ4n) is 2.03. The van der Waals surface area contributed by atoms with Crippen LogP contribution in [0, 0.1) is 5.92 Å². The van der Waals surface area contributed by atoms with Crippen molar-refractivity contribution in [2.75, 3.05) is 7.11 Å². The number of rotatable bonds is 5. The lowest BCUT2D eigenvalue weighted by molar-refractivity contribution is -0.148. The molecule has 1 rings (SSSR count). The van der Waals surface area contributed by atoms with Crippen molar-refractivity contribution in [2.45, 2.75) is 25.8 Å². The number of hydrogen-bond acceptors (Lipinski definition) is 4. The Morgan fingerprint density at radius 2 is 2.06 bits per heavy atom. The van der Waals surface area contributed by atoms with Crippen LogP contribution >= 0.6 is 12.2 Å². The van der Waals surface area contributed by atoms with E-state index in [1.54, 1.807) is 0 Å². The molecule has 0 spiro atoms. The van der Waals surface area contributed by atoms with Crippen LogP contribution in [0.1, 0.15) is 25.8 Å². The normalized spacial score (nSPS) is 13.6. The van der Waals surface area contributed by atoms with Gasteiger partial charge in [-0.25, -0.2) is 9.79 Å². The summed E-state index contributed by atoms with van der Waals surface area (Å²) in [6.07, 6.45) is 0.535. The van der Waals surface area contributed by atoms with E-state index in [9.17, 15) is 4.79 Å². The Kier molecular flexibility index (Phi) is 5.20. The molecule has 0 bridgehead atoms. The highest BCUT2D eigenvalue weighted by Gasteiger charge is 2.41. The van der Waals surface area contributed by atoms with Gasteiger partial charge in [-0.1, -0.05) is 44.2 Å². The molecule has 0 aliphatic carbocycles. The topological polar surface area (TPSA) is 38.7 Å². The maximum absolute atomic E-state index is 12.2. The van der Waals surface area contributed by atoms with Crippen LogP contribution in [0.25, 0.3) is 0 Å². The zero-order chi connectivity index (χ0) is 13.6. The number of hydrogen-bond donors (Lipinski definition) is 0. The van der Waals surface area contributed by atoms with Gasteiger partial charge in [0.25, 0.3) is 0 Å². The minimum absolute atomic E-state index is 0.274. The lowest BCUT2D eigenvalue weighted by atomic mass is 9.83. The molecule has 0 saturated carbocycles. The summed E-state index contributed by atoms with van der Waals surface area (Å²) in [7, 11) is 1.36. The first-order valence-electron chi connectivity index (χ1n) is 5.80. The molecule has 96 valence electrons. The summed E-state index contributed by atoms with van der Waals surface area (Å²) in [6, 6.07) is 9.34. The first-order valence-corrected chi connectivity index (χ1v) is 6.20. The molecule has 0 heterocycles. The molecular formula is C14H17NO2S. The second kappa shape index (κ2) is 6.43. The van der Waals surface area contributed by atoms with Crippen LogP contribution in [0.2, 0.25) is 0 Å². The largest absolute Gasteiger partial charge is 0.467 e. The van der Waals surface area contributed by atoms with E-state index in [-0.39, 0.29) is 5.92 Å². The van der Waals surface area contributed by atoms with Gasteiger partial charge in [0.15, 0.2) is 5.54 Å². The minimum Gasteiger partial charge on any atom is -0.467 e. The van der Waals surface area contributed by atoms with E-state index in [0.717, 1.165) is 5.56 Å². The zero-order valence-electron chi connectivity index (χ0n) is 10.8. The van der Waals surface area contributed by atoms with Crippen molar-refractivity contribution in [3.63, 3.8) is 0 Å². The highest BCUT2D eigenvalue weighted by molar-refractivity contribution is 7.78. The highest BCUT2D eigenvalue weighted by atomic mass is 32.1. The molecule has 0 N–H and O–H groups in total. The summed E-state index contributed by atoms with van der Waals surface area (Å²) in [4.78, 5) is 16.3. The van der Waals surface area contributed by atoms with Gasteiger partial charge >= 0.3 is 5.97 Å². The predicted octanol–water partition coefficient (Wildman–Crippen LogP) is 3.20. The van der Waals surface area contributed by atoms with Gasteiger partial charge in [-0.05, 0) is 30.1 Å². The number of carbonyl (C=O) groups excluding carboxylic acids is 1. The third-order valence-electron chi connectivity index (χ3n) is 2.71. The van der Waals surface area contributed by atoms with Crippen LogP contribution in [0.5, 0.6) is 0 Å². The van der Waals surface area contributed by atoms with Crippen molar-refractivity contribution in [2.24, 2.45) is 10.9 Å². The van der Waals surface area contributed by atoms with Gasteiger partial charge in [0.1, 0.15) is 0 Å². The van der Waals surface area contributed by atoms with Crippen LogP contribution in [0.3, 0.4) is 0 Å². The van der Waals surface area contributed by atoms with Crippen LogP contribution in [-0.2, 0) is 15.1 Å². The first-order chi connectivity index (χ1) is 8.56. The van der Waals surface area contributed by atoms with Gasteiger partial charge in [0.05, 0.1) is 12.3 Å². The lowest BCUT2D eigenvalue weighted by Crippen LogP contribution is -2.36. The van der Waals surface area contributed by atoms with Gasteiger partial charge in [-0.3, -0.25) is 0 Å².